The minimum absolute atomic E-state index is 0.0743. The predicted molar refractivity (Wildman–Crippen MR) is 91.9 cm³/mol. The van der Waals surface area contributed by atoms with Gasteiger partial charge in [0, 0.05) is 29.6 Å². The monoisotopic (exact) mass is 352 g/mol. The quantitative estimate of drug-likeness (QED) is 0.832. The first kappa shape index (κ1) is 17.4. The number of nitrogens with zero attached hydrogens (tertiary/aromatic N) is 2. The van der Waals surface area contributed by atoms with E-state index in [0.717, 1.165) is 5.01 Å². The maximum Gasteiger partial charge on any atom is 0.273 e. The molecule has 0 radical (unpaired) electrons. The van der Waals surface area contributed by atoms with Crippen LogP contribution in [-0.2, 0) is 11.2 Å². The second-order valence-electron chi connectivity index (χ2n) is 4.88. The SMILES string of the molecule is CN(CC(=O)Nc1cccc(Cl)c1)C(=O)c1csc(CCN)n1. The fraction of sp³-hybridized carbons (Fsp3) is 0.267. The van der Waals surface area contributed by atoms with Crippen LogP contribution in [-0.4, -0.2) is 41.8 Å². The van der Waals surface area contributed by atoms with Gasteiger partial charge in [-0.3, -0.25) is 9.59 Å². The van der Waals surface area contributed by atoms with Gasteiger partial charge >= 0.3 is 0 Å². The van der Waals surface area contributed by atoms with Crippen molar-refractivity contribution in [1.82, 2.24) is 9.88 Å². The number of nitrogens with one attached hydrogen (secondary N) is 1. The number of carbonyl (C=O) groups excluding carboxylic acids is 2. The lowest BCUT2D eigenvalue weighted by Gasteiger charge is -2.15. The maximum atomic E-state index is 12.2. The molecule has 122 valence electrons. The summed E-state index contributed by atoms with van der Waals surface area (Å²) in [5, 5.41) is 5.72. The van der Waals surface area contributed by atoms with Crippen LogP contribution in [0.15, 0.2) is 29.6 Å². The lowest BCUT2D eigenvalue weighted by molar-refractivity contribution is -0.116. The zero-order chi connectivity index (χ0) is 16.8. The van der Waals surface area contributed by atoms with Gasteiger partial charge in [-0.05, 0) is 24.7 Å². The topological polar surface area (TPSA) is 88.3 Å². The van der Waals surface area contributed by atoms with Crippen LogP contribution in [0.25, 0.3) is 0 Å². The predicted octanol–water partition coefficient (Wildman–Crippen LogP) is 2.01. The molecule has 23 heavy (non-hydrogen) atoms. The molecular formula is C15H17ClN4O2S. The van der Waals surface area contributed by atoms with Crippen molar-refractivity contribution in [2.75, 3.05) is 25.5 Å². The van der Waals surface area contributed by atoms with Gasteiger partial charge in [-0.15, -0.1) is 11.3 Å². The van der Waals surface area contributed by atoms with Gasteiger partial charge in [0.1, 0.15) is 5.69 Å². The molecule has 0 atom stereocenters. The van der Waals surface area contributed by atoms with E-state index in [1.54, 1.807) is 36.7 Å². The Morgan fingerprint density at radius 1 is 1.43 bits per heavy atom. The molecule has 1 aromatic heterocycles. The summed E-state index contributed by atoms with van der Waals surface area (Å²) in [6.07, 6.45) is 0.636. The molecule has 0 unspecified atom stereocenters. The third-order valence-corrected chi connectivity index (χ3v) is 4.11. The number of anilines is 1. The molecule has 0 aliphatic carbocycles. The number of halogens is 1. The van der Waals surface area contributed by atoms with Crippen molar-refractivity contribution in [3.05, 3.63) is 45.4 Å². The van der Waals surface area contributed by atoms with E-state index < -0.39 is 0 Å². The first-order chi connectivity index (χ1) is 11.0. The van der Waals surface area contributed by atoms with Crippen molar-refractivity contribution >= 4 is 40.4 Å². The van der Waals surface area contributed by atoms with Crippen molar-refractivity contribution in [2.24, 2.45) is 5.73 Å². The molecule has 0 saturated heterocycles. The number of aromatic nitrogens is 1. The van der Waals surface area contributed by atoms with Crippen LogP contribution in [0.2, 0.25) is 5.02 Å². The second kappa shape index (κ2) is 8.05. The van der Waals surface area contributed by atoms with E-state index >= 15 is 0 Å². The van der Waals surface area contributed by atoms with E-state index in [-0.39, 0.29) is 18.4 Å². The molecule has 0 fully saturated rings. The number of nitrogens with two attached hydrogens (primary N) is 1. The largest absolute Gasteiger partial charge is 0.331 e. The molecule has 0 aliphatic heterocycles. The van der Waals surface area contributed by atoms with E-state index in [4.69, 9.17) is 17.3 Å². The van der Waals surface area contributed by atoms with Crippen LogP contribution in [0, 0.1) is 0 Å². The maximum absolute atomic E-state index is 12.2. The molecule has 2 rings (SSSR count). The van der Waals surface area contributed by atoms with Gasteiger partial charge in [0.05, 0.1) is 11.6 Å². The van der Waals surface area contributed by atoms with Crippen molar-refractivity contribution in [2.45, 2.75) is 6.42 Å². The highest BCUT2D eigenvalue weighted by Gasteiger charge is 2.18. The highest BCUT2D eigenvalue weighted by atomic mass is 35.5. The van der Waals surface area contributed by atoms with Crippen LogP contribution in [0.4, 0.5) is 5.69 Å². The summed E-state index contributed by atoms with van der Waals surface area (Å²) >= 11 is 7.25. The summed E-state index contributed by atoms with van der Waals surface area (Å²) in [5.41, 5.74) is 6.38. The Morgan fingerprint density at radius 2 is 2.22 bits per heavy atom. The van der Waals surface area contributed by atoms with E-state index in [1.807, 2.05) is 0 Å². The average Bonchev–Trinajstić information content (AvgIpc) is 2.95. The fourth-order valence-corrected chi connectivity index (χ4v) is 2.88. The van der Waals surface area contributed by atoms with Crippen LogP contribution in [0.5, 0.6) is 0 Å². The number of benzene rings is 1. The Labute approximate surface area is 143 Å². The molecule has 0 aliphatic rings. The fourth-order valence-electron chi connectivity index (χ4n) is 1.90. The molecule has 8 heteroatoms. The van der Waals surface area contributed by atoms with Gasteiger partial charge in [0.25, 0.3) is 5.91 Å². The third kappa shape index (κ3) is 5.02. The Kier molecular flexibility index (Phi) is 6.09. The normalized spacial score (nSPS) is 10.4. The second-order valence-corrected chi connectivity index (χ2v) is 6.26. The molecule has 2 amide bonds. The number of likely N-dealkylation sites (N-methyl/N-ethyl adjacent to an activating group) is 1. The first-order valence-electron chi connectivity index (χ1n) is 6.95. The Bertz CT molecular complexity index is 704. The van der Waals surface area contributed by atoms with E-state index in [9.17, 15) is 9.59 Å². The highest BCUT2D eigenvalue weighted by molar-refractivity contribution is 7.09. The van der Waals surface area contributed by atoms with Crippen molar-refractivity contribution < 1.29 is 9.59 Å². The molecule has 3 N–H and O–H groups in total. The number of hydrogen-bond acceptors (Lipinski definition) is 5. The van der Waals surface area contributed by atoms with Crippen molar-refractivity contribution in [3.63, 3.8) is 0 Å². The molecule has 2 aromatic rings. The molecule has 1 heterocycles. The molecular weight excluding hydrogens is 336 g/mol. The molecule has 0 saturated carbocycles. The van der Waals surface area contributed by atoms with E-state index in [2.05, 4.69) is 10.3 Å². The Balaban J connectivity index is 1.93. The van der Waals surface area contributed by atoms with Gasteiger partial charge < -0.3 is 16.0 Å². The highest BCUT2D eigenvalue weighted by Crippen LogP contribution is 2.15. The van der Waals surface area contributed by atoms with Crippen LogP contribution in [0.1, 0.15) is 15.5 Å². The molecule has 1 aromatic carbocycles. The Hall–Kier alpha value is -1.96. The zero-order valence-corrected chi connectivity index (χ0v) is 14.2. The van der Waals surface area contributed by atoms with Crippen LogP contribution >= 0.6 is 22.9 Å². The first-order valence-corrected chi connectivity index (χ1v) is 8.20. The van der Waals surface area contributed by atoms with Gasteiger partial charge in [-0.2, -0.15) is 0 Å². The average molecular weight is 353 g/mol. The third-order valence-electron chi connectivity index (χ3n) is 2.96. The number of rotatable bonds is 6. The summed E-state index contributed by atoms with van der Waals surface area (Å²) in [7, 11) is 1.56. The number of amides is 2. The summed E-state index contributed by atoms with van der Waals surface area (Å²) in [4.78, 5) is 29.8. The molecule has 6 nitrogen and oxygen atoms in total. The standard InChI is InChI=1S/C15H17ClN4O2S/c1-20(15(22)12-9-23-14(19-12)5-6-17)8-13(21)18-11-4-2-3-10(16)7-11/h2-4,7,9H,5-6,8,17H2,1H3,(H,18,21). The summed E-state index contributed by atoms with van der Waals surface area (Å²) in [6, 6.07) is 6.82. The smallest absolute Gasteiger partial charge is 0.273 e. The number of hydrogen-bond donors (Lipinski definition) is 2. The number of thiazole rings is 1. The van der Waals surface area contributed by atoms with Gasteiger partial charge in [0.2, 0.25) is 5.91 Å². The minimum Gasteiger partial charge on any atom is -0.331 e. The zero-order valence-electron chi connectivity index (χ0n) is 12.6. The van der Waals surface area contributed by atoms with Crippen molar-refractivity contribution in [1.29, 1.82) is 0 Å². The summed E-state index contributed by atoms with van der Waals surface area (Å²) in [6.45, 7) is 0.411. The molecule has 0 spiro atoms. The van der Waals surface area contributed by atoms with E-state index in [1.165, 1.54) is 16.2 Å². The van der Waals surface area contributed by atoms with Crippen LogP contribution < -0.4 is 11.1 Å². The lowest BCUT2D eigenvalue weighted by atomic mass is 10.3. The lowest BCUT2D eigenvalue weighted by Crippen LogP contribution is -2.35. The van der Waals surface area contributed by atoms with Gasteiger partial charge in [-0.1, -0.05) is 17.7 Å². The van der Waals surface area contributed by atoms with Crippen molar-refractivity contribution in [3.8, 4) is 0 Å². The summed E-state index contributed by atoms with van der Waals surface area (Å²) in [5.74, 6) is -0.605. The number of carbonyl (C=O) groups is 2. The van der Waals surface area contributed by atoms with Crippen LogP contribution in [0.3, 0.4) is 0 Å². The molecule has 0 bridgehead atoms. The van der Waals surface area contributed by atoms with Gasteiger partial charge in [-0.25, -0.2) is 4.98 Å². The minimum atomic E-state index is -0.305. The summed E-state index contributed by atoms with van der Waals surface area (Å²) < 4.78 is 0. The Morgan fingerprint density at radius 3 is 2.91 bits per heavy atom. The van der Waals surface area contributed by atoms with Gasteiger partial charge in [0.15, 0.2) is 0 Å². The van der Waals surface area contributed by atoms with E-state index in [0.29, 0.717) is 29.4 Å².